The Bertz CT molecular complexity index is 1430. The molecule has 1 atom stereocenters. The van der Waals surface area contributed by atoms with Crippen LogP contribution >= 0.6 is 15.9 Å². The highest BCUT2D eigenvalue weighted by molar-refractivity contribution is 9.10. The molecule has 4 aromatic rings. The van der Waals surface area contributed by atoms with Crippen molar-refractivity contribution in [3.63, 3.8) is 0 Å². The van der Waals surface area contributed by atoms with Crippen LogP contribution in [0.4, 0.5) is 4.39 Å². The number of rotatable bonds is 8. The van der Waals surface area contributed by atoms with E-state index < -0.39 is 17.4 Å². The minimum Gasteiger partial charge on any atom is -0.493 e. The number of benzene rings is 2. The molecular formula is C24H22BrFN6O3. The quantitative estimate of drug-likeness (QED) is 0.231. The van der Waals surface area contributed by atoms with E-state index in [0.29, 0.717) is 28.0 Å². The van der Waals surface area contributed by atoms with Gasteiger partial charge in [-0.2, -0.15) is 4.68 Å². The number of ether oxygens (including phenoxy) is 2. The number of amidine groups is 1. The Morgan fingerprint density at radius 1 is 1.20 bits per heavy atom. The highest BCUT2D eigenvalue weighted by Crippen LogP contribution is 2.36. The van der Waals surface area contributed by atoms with Gasteiger partial charge in [0.25, 0.3) is 0 Å². The predicted octanol–water partition coefficient (Wildman–Crippen LogP) is 3.53. The minimum atomic E-state index is -0.686. The van der Waals surface area contributed by atoms with Crippen LogP contribution in [0.25, 0.3) is 5.82 Å². The first kappa shape index (κ1) is 24.1. The highest BCUT2D eigenvalue weighted by Gasteiger charge is 2.26. The van der Waals surface area contributed by atoms with E-state index >= 15 is 4.39 Å². The molecule has 2 aromatic heterocycles. The molecule has 0 aliphatic rings. The Kier molecular flexibility index (Phi) is 6.97. The van der Waals surface area contributed by atoms with Gasteiger partial charge in [0.2, 0.25) is 0 Å². The summed E-state index contributed by atoms with van der Waals surface area (Å²) < 4.78 is 27.6. The van der Waals surface area contributed by atoms with E-state index in [1.54, 1.807) is 42.6 Å². The average Bonchev–Trinajstić information content (AvgIpc) is 3.24. The topological polar surface area (TPSA) is 132 Å². The molecule has 0 aliphatic heterocycles. The lowest BCUT2D eigenvalue weighted by atomic mass is 9.90. The first-order valence-electron chi connectivity index (χ1n) is 10.5. The van der Waals surface area contributed by atoms with Crippen molar-refractivity contribution in [1.29, 1.82) is 5.41 Å². The molecule has 0 saturated carbocycles. The van der Waals surface area contributed by atoms with Gasteiger partial charge in [0.05, 0.1) is 24.6 Å². The van der Waals surface area contributed by atoms with E-state index in [4.69, 9.17) is 20.6 Å². The van der Waals surface area contributed by atoms with Gasteiger partial charge in [-0.05, 0) is 46.1 Å². The predicted molar refractivity (Wildman–Crippen MR) is 132 cm³/mol. The Morgan fingerprint density at radius 3 is 2.51 bits per heavy atom. The standard InChI is InChI=1S/C24H22BrFN6O3/c1-34-19-11-15(18(26)12-20(19)35-2)16(10-13-5-7-14(8-6-13)21(27)28)22-30-24(33)32(31-22)23-17(25)4-3-9-29-23/h3-9,11-12,16H,10H2,1-2H3,(H3,27,28)(H,30,31,33). The van der Waals surface area contributed by atoms with Gasteiger partial charge in [0, 0.05) is 23.4 Å². The Labute approximate surface area is 208 Å². The van der Waals surface area contributed by atoms with Gasteiger partial charge >= 0.3 is 5.69 Å². The van der Waals surface area contributed by atoms with E-state index in [0.717, 1.165) is 10.2 Å². The van der Waals surface area contributed by atoms with Crippen LogP contribution in [0.5, 0.6) is 11.5 Å². The first-order valence-corrected chi connectivity index (χ1v) is 11.3. The third kappa shape index (κ3) is 4.94. The molecule has 35 heavy (non-hydrogen) atoms. The van der Waals surface area contributed by atoms with Crippen molar-refractivity contribution in [1.82, 2.24) is 19.7 Å². The maximum Gasteiger partial charge on any atom is 0.349 e. The summed E-state index contributed by atoms with van der Waals surface area (Å²) in [5.74, 6) is -0.142. The summed E-state index contributed by atoms with van der Waals surface area (Å²) in [5.41, 5.74) is 6.70. The second-order valence-corrected chi connectivity index (χ2v) is 8.49. The largest absolute Gasteiger partial charge is 0.493 e. The molecule has 0 bridgehead atoms. The first-order chi connectivity index (χ1) is 16.8. The normalized spacial score (nSPS) is 11.8. The van der Waals surface area contributed by atoms with Crippen molar-refractivity contribution >= 4 is 21.8 Å². The zero-order chi connectivity index (χ0) is 25.1. The molecule has 2 heterocycles. The van der Waals surface area contributed by atoms with Crippen LogP contribution in [-0.2, 0) is 6.42 Å². The zero-order valence-electron chi connectivity index (χ0n) is 18.9. The van der Waals surface area contributed by atoms with Gasteiger partial charge in [-0.15, -0.1) is 5.10 Å². The Balaban J connectivity index is 1.84. The number of aromatic amines is 1. The van der Waals surface area contributed by atoms with Crippen molar-refractivity contribution in [2.45, 2.75) is 12.3 Å². The summed E-state index contributed by atoms with van der Waals surface area (Å²) in [6, 6.07) is 13.3. The average molecular weight is 541 g/mol. The molecule has 0 saturated heterocycles. The third-order valence-corrected chi connectivity index (χ3v) is 6.11. The Hall–Kier alpha value is -3.99. The Morgan fingerprint density at radius 2 is 1.89 bits per heavy atom. The molecule has 0 fully saturated rings. The number of hydrogen-bond donors (Lipinski definition) is 3. The summed E-state index contributed by atoms with van der Waals surface area (Å²) in [7, 11) is 2.89. The number of nitrogen functional groups attached to an aromatic ring is 1. The van der Waals surface area contributed by atoms with Crippen molar-refractivity contribution in [3.05, 3.63) is 98.0 Å². The van der Waals surface area contributed by atoms with Crippen molar-refractivity contribution in [3.8, 4) is 17.3 Å². The van der Waals surface area contributed by atoms with E-state index in [1.807, 2.05) is 0 Å². The monoisotopic (exact) mass is 540 g/mol. The van der Waals surface area contributed by atoms with Crippen LogP contribution < -0.4 is 20.9 Å². The molecule has 0 amide bonds. The maximum atomic E-state index is 15.3. The summed E-state index contributed by atoms with van der Waals surface area (Å²) in [4.78, 5) is 19.8. The number of pyridine rings is 1. The van der Waals surface area contributed by atoms with Gasteiger partial charge in [-0.25, -0.2) is 14.2 Å². The lowest BCUT2D eigenvalue weighted by Gasteiger charge is -2.18. The van der Waals surface area contributed by atoms with Crippen LogP contribution in [0.2, 0.25) is 0 Å². The number of nitrogens with one attached hydrogen (secondary N) is 2. The number of H-pyrrole nitrogens is 1. The third-order valence-electron chi connectivity index (χ3n) is 5.49. The molecule has 0 aliphatic carbocycles. The minimum absolute atomic E-state index is 0.0527. The summed E-state index contributed by atoms with van der Waals surface area (Å²) >= 11 is 3.38. The number of aromatic nitrogens is 4. The summed E-state index contributed by atoms with van der Waals surface area (Å²) in [6.07, 6.45) is 1.84. The van der Waals surface area contributed by atoms with Crippen LogP contribution in [0.15, 0.2) is 64.0 Å². The van der Waals surface area contributed by atoms with Crippen molar-refractivity contribution in [2.24, 2.45) is 5.73 Å². The molecule has 4 rings (SSSR count). The van der Waals surface area contributed by atoms with Crippen molar-refractivity contribution < 1.29 is 13.9 Å². The SMILES string of the molecule is COc1cc(F)c(C(Cc2ccc(C(=N)N)cc2)c2nn(-c3ncccc3Br)c(=O)[nH]2)cc1OC. The smallest absolute Gasteiger partial charge is 0.349 e. The van der Waals surface area contributed by atoms with E-state index in [1.165, 1.54) is 26.4 Å². The molecule has 1 unspecified atom stereocenters. The van der Waals surface area contributed by atoms with E-state index in [-0.39, 0.29) is 23.0 Å². The van der Waals surface area contributed by atoms with Crippen LogP contribution in [0.3, 0.4) is 0 Å². The fraction of sp³-hybridized carbons (Fsp3) is 0.167. The van der Waals surface area contributed by atoms with Crippen LogP contribution in [0, 0.1) is 11.2 Å². The molecule has 2 aromatic carbocycles. The fourth-order valence-corrected chi connectivity index (χ4v) is 4.14. The molecule has 180 valence electrons. The van der Waals surface area contributed by atoms with Gasteiger partial charge in [0.1, 0.15) is 17.5 Å². The summed E-state index contributed by atoms with van der Waals surface area (Å²) in [6.45, 7) is 0. The van der Waals surface area contributed by atoms with Gasteiger partial charge < -0.3 is 15.2 Å². The lowest BCUT2D eigenvalue weighted by molar-refractivity contribution is 0.351. The van der Waals surface area contributed by atoms with Crippen LogP contribution in [0.1, 0.15) is 28.4 Å². The fourth-order valence-electron chi connectivity index (χ4n) is 3.72. The van der Waals surface area contributed by atoms with Crippen molar-refractivity contribution in [2.75, 3.05) is 14.2 Å². The molecule has 4 N–H and O–H groups in total. The zero-order valence-corrected chi connectivity index (χ0v) is 20.5. The molecule has 11 heteroatoms. The number of nitrogens with zero attached hydrogens (tertiary/aromatic N) is 3. The lowest BCUT2D eigenvalue weighted by Crippen LogP contribution is -2.17. The second-order valence-electron chi connectivity index (χ2n) is 7.63. The number of hydrogen-bond acceptors (Lipinski definition) is 6. The van der Waals surface area contributed by atoms with Gasteiger partial charge in [-0.3, -0.25) is 10.4 Å². The number of halogens is 2. The summed E-state index contributed by atoms with van der Waals surface area (Å²) in [5, 5.41) is 12.1. The highest BCUT2D eigenvalue weighted by atomic mass is 79.9. The number of nitrogens with two attached hydrogens (primary N) is 1. The van der Waals surface area contributed by atoms with Crippen LogP contribution in [-0.4, -0.2) is 39.8 Å². The van der Waals surface area contributed by atoms with Gasteiger partial charge in [0.15, 0.2) is 17.3 Å². The molecule has 0 radical (unpaired) electrons. The number of methoxy groups -OCH3 is 2. The second kappa shape index (κ2) is 10.1. The van der Waals surface area contributed by atoms with E-state index in [9.17, 15) is 4.79 Å². The maximum absolute atomic E-state index is 15.3. The molecule has 9 nitrogen and oxygen atoms in total. The molecule has 0 spiro atoms. The molecular weight excluding hydrogens is 519 g/mol. The van der Waals surface area contributed by atoms with E-state index in [2.05, 4.69) is 31.0 Å². The van der Waals surface area contributed by atoms with Gasteiger partial charge in [-0.1, -0.05) is 24.3 Å².